The maximum Gasteiger partial charge on any atom is 0.410 e. The SMILES string of the molecule is COC(=O)N1CCN(C(=O)[C@@H]2CN(C(=O)OC(C)(C)C)C[C@H]2c2ccc(F)cc2F)CCCC1c1ccccc1. The van der Waals surface area contributed by atoms with E-state index < -0.39 is 41.3 Å². The Morgan fingerprint density at radius 2 is 1.62 bits per heavy atom. The Bertz CT molecular complexity index is 1220. The van der Waals surface area contributed by atoms with Gasteiger partial charge < -0.3 is 19.3 Å². The summed E-state index contributed by atoms with van der Waals surface area (Å²) in [5.74, 6) is -3.17. The van der Waals surface area contributed by atoms with E-state index in [1.165, 1.54) is 18.1 Å². The second-order valence-corrected chi connectivity index (χ2v) is 11.3. The number of methoxy groups -OCH3 is 1. The Morgan fingerprint density at radius 3 is 2.27 bits per heavy atom. The lowest BCUT2D eigenvalue weighted by Gasteiger charge is -2.37. The van der Waals surface area contributed by atoms with Gasteiger partial charge in [-0.15, -0.1) is 0 Å². The molecule has 216 valence electrons. The van der Waals surface area contributed by atoms with Crippen LogP contribution in [-0.4, -0.2) is 78.2 Å². The van der Waals surface area contributed by atoms with Crippen molar-refractivity contribution in [2.75, 3.05) is 39.8 Å². The Hall–Kier alpha value is -3.69. The molecule has 0 N–H and O–H groups in total. The van der Waals surface area contributed by atoms with Gasteiger partial charge in [0.15, 0.2) is 0 Å². The van der Waals surface area contributed by atoms with Crippen molar-refractivity contribution < 1.29 is 32.6 Å². The van der Waals surface area contributed by atoms with Gasteiger partial charge in [0.25, 0.3) is 0 Å². The van der Waals surface area contributed by atoms with Crippen LogP contribution in [0.2, 0.25) is 0 Å². The van der Waals surface area contributed by atoms with Crippen molar-refractivity contribution in [3.63, 3.8) is 0 Å². The van der Waals surface area contributed by atoms with Crippen LogP contribution in [0.15, 0.2) is 48.5 Å². The van der Waals surface area contributed by atoms with Gasteiger partial charge >= 0.3 is 12.2 Å². The van der Waals surface area contributed by atoms with E-state index in [1.54, 1.807) is 30.6 Å². The summed E-state index contributed by atoms with van der Waals surface area (Å²) in [6, 6.07) is 12.8. The molecule has 8 nitrogen and oxygen atoms in total. The Balaban J connectivity index is 1.58. The molecule has 2 fully saturated rings. The van der Waals surface area contributed by atoms with Gasteiger partial charge in [-0.05, 0) is 50.8 Å². The standard InChI is InChI=1S/C30H37F2N3O5/c1-30(2,3)40-28(37)34-18-23(22-13-12-21(31)17-25(22)32)24(19-34)27(36)33-14-8-11-26(20-9-6-5-7-10-20)35(16-15-33)29(38)39-4/h5-7,9-10,12-13,17,23-24,26H,8,11,14-16,18-19H2,1-4H3/t23-,24+,26?/m0/s1. The van der Waals surface area contributed by atoms with Crippen LogP contribution in [0.3, 0.4) is 0 Å². The summed E-state index contributed by atoms with van der Waals surface area (Å²) in [6.45, 7) is 6.28. The highest BCUT2D eigenvalue weighted by Gasteiger charge is 2.44. The van der Waals surface area contributed by atoms with Crippen molar-refractivity contribution in [2.24, 2.45) is 5.92 Å². The van der Waals surface area contributed by atoms with Crippen molar-refractivity contribution in [1.82, 2.24) is 14.7 Å². The van der Waals surface area contributed by atoms with Crippen LogP contribution in [-0.2, 0) is 14.3 Å². The third-order valence-electron chi connectivity index (χ3n) is 7.45. The Morgan fingerprint density at radius 1 is 0.900 bits per heavy atom. The maximum absolute atomic E-state index is 14.9. The van der Waals surface area contributed by atoms with Gasteiger partial charge in [0.2, 0.25) is 5.91 Å². The molecule has 0 saturated carbocycles. The van der Waals surface area contributed by atoms with E-state index >= 15 is 0 Å². The number of halogens is 2. The first kappa shape index (κ1) is 29.3. The third kappa shape index (κ3) is 6.71. The maximum atomic E-state index is 14.9. The van der Waals surface area contributed by atoms with Gasteiger partial charge in [0.05, 0.1) is 19.1 Å². The highest BCUT2D eigenvalue weighted by atomic mass is 19.1. The predicted octanol–water partition coefficient (Wildman–Crippen LogP) is 5.35. The number of hydrogen-bond donors (Lipinski definition) is 0. The van der Waals surface area contributed by atoms with E-state index in [1.807, 2.05) is 30.3 Å². The van der Waals surface area contributed by atoms with Crippen LogP contribution >= 0.6 is 0 Å². The second-order valence-electron chi connectivity index (χ2n) is 11.3. The molecule has 0 aromatic heterocycles. The molecule has 2 aromatic rings. The highest BCUT2D eigenvalue weighted by Crippen LogP contribution is 2.37. The quantitative estimate of drug-likeness (QED) is 0.509. The second kappa shape index (κ2) is 12.2. The lowest BCUT2D eigenvalue weighted by atomic mass is 9.87. The lowest BCUT2D eigenvalue weighted by molar-refractivity contribution is -0.136. The average molecular weight is 558 g/mol. The lowest BCUT2D eigenvalue weighted by Crippen LogP contribution is -2.47. The molecule has 10 heteroatoms. The summed E-state index contributed by atoms with van der Waals surface area (Å²) < 4.78 is 39.2. The molecule has 0 radical (unpaired) electrons. The van der Waals surface area contributed by atoms with Crippen LogP contribution in [0.5, 0.6) is 0 Å². The summed E-state index contributed by atoms with van der Waals surface area (Å²) >= 11 is 0. The number of ether oxygens (including phenoxy) is 2. The van der Waals surface area contributed by atoms with Crippen molar-refractivity contribution in [1.29, 1.82) is 0 Å². The first-order valence-electron chi connectivity index (χ1n) is 13.6. The summed E-state index contributed by atoms with van der Waals surface area (Å²) in [6.07, 6.45) is 0.168. The molecule has 2 aromatic carbocycles. The number of carbonyl (C=O) groups is 3. The van der Waals surface area contributed by atoms with Crippen LogP contribution in [0.25, 0.3) is 0 Å². The van der Waals surface area contributed by atoms with E-state index in [4.69, 9.17) is 9.47 Å². The minimum Gasteiger partial charge on any atom is -0.453 e. The van der Waals surface area contributed by atoms with Crippen LogP contribution in [0.4, 0.5) is 18.4 Å². The summed E-state index contributed by atoms with van der Waals surface area (Å²) in [4.78, 5) is 44.4. The fourth-order valence-corrected chi connectivity index (χ4v) is 5.59. The number of hydrogen-bond acceptors (Lipinski definition) is 5. The van der Waals surface area contributed by atoms with Gasteiger partial charge in [0, 0.05) is 44.7 Å². The number of amides is 3. The molecule has 3 amide bonds. The zero-order valence-electron chi connectivity index (χ0n) is 23.4. The van der Waals surface area contributed by atoms with Gasteiger partial charge in [-0.3, -0.25) is 9.69 Å². The normalized spacial score (nSPS) is 21.9. The molecule has 40 heavy (non-hydrogen) atoms. The van der Waals surface area contributed by atoms with E-state index in [9.17, 15) is 23.2 Å². The minimum absolute atomic E-state index is 0.0408. The molecule has 0 spiro atoms. The van der Waals surface area contributed by atoms with Crippen LogP contribution in [0, 0.1) is 17.6 Å². The summed E-state index contributed by atoms with van der Waals surface area (Å²) in [7, 11) is 1.33. The molecule has 2 saturated heterocycles. The summed E-state index contributed by atoms with van der Waals surface area (Å²) in [5.41, 5.74) is 0.423. The van der Waals surface area contributed by atoms with E-state index in [0.29, 0.717) is 19.4 Å². The molecule has 3 atom stereocenters. The van der Waals surface area contributed by atoms with Crippen LogP contribution in [0.1, 0.15) is 56.7 Å². The zero-order valence-corrected chi connectivity index (χ0v) is 23.4. The van der Waals surface area contributed by atoms with Crippen molar-refractivity contribution in [3.8, 4) is 0 Å². The van der Waals surface area contributed by atoms with Gasteiger partial charge in [-0.25, -0.2) is 18.4 Å². The Kier molecular flexibility index (Phi) is 8.95. The molecule has 0 aliphatic carbocycles. The monoisotopic (exact) mass is 557 g/mol. The largest absolute Gasteiger partial charge is 0.453 e. The van der Waals surface area contributed by atoms with Gasteiger partial charge in [-0.2, -0.15) is 0 Å². The fraction of sp³-hybridized carbons (Fsp3) is 0.500. The number of nitrogens with zero attached hydrogens (tertiary/aromatic N) is 3. The molecular formula is C30H37F2N3O5. The molecule has 2 aliphatic rings. The average Bonchev–Trinajstić information content (AvgIpc) is 3.33. The topological polar surface area (TPSA) is 79.4 Å². The predicted molar refractivity (Wildman–Crippen MR) is 145 cm³/mol. The smallest absolute Gasteiger partial charge is 0.410 e. The highest BCUT2D eigenvalue weighted by molar-refractivity contribution is 5.82. The number of benzene rings is 2. The third-order valence-corrected chi connectivity index (χ3v) is 7.45. The van der Waals surface area contributed by atoms with Crippen molar-refractivity contribution >= 4 is 18.1 Å². The minimum atomic E-state index is -0.761. The van der Waals surface area contributed by atoms with Gasteiger partial charge in [-0.1, -0.05) is 36.4 Å². The zero-order chi connectivity index (χ0) is 29.0. The fourth-order valence-electron chi connectivity index (χ4n) is 5.59. The molecule has 1 unspecified atom stereocenters. The van der Waals surface area contributed by atoms with E-state index in [0.717, 1.165) is 17.7 Å². The molecule has 2 heterocycles. The Labute approximate surface area is 233 Å². The first-order valence-corrected chi connectivity index (χ1v) is 13.6. The number of likely N-dealkylation sites (tertiary alicyclic amines) is 1. The molecular weight excluding hydrogens is 520 g/mol. The first-order chi connectivity index (χ1) is 19.0. The molecule has 2 aliphatic heterocycles. The molecule has 0 bridgehead atoms. The number of carbonyl (C=O) groups excluding carboxylic acids is 3. The van der Waals surface area contributed by atoms with Crippen LogP contribution < -0.4 is 0 Å². The number of rotatable bonds is 3. The van der Waals surface area contributed by atoms with E-state index in [2.05, 4.69) is 0 Å². The van der Waals surface area contributed by atoms with Gasteiger partial charge in [0.1, 0.15) is 17.2 Å². The van der Waals surface area contributed by atoms with Crippen molar-refractivity contribution in [3.05, 3.63) is 71.3 Å². The van der Waals surface area contributed by atoms with E-state index in [-0.39, 0.29) is 43.7 Å². The van der Waals surface area contributed by atoms with Crippen molar-refractivity contribution in [2.45, 2.75) is 51.2 Å². The summed E-state index contributed by atoms with van der Waals surface area (Å²) in [5, 5.41) is 0. The molecule has 4 rings (SSSR count).